The summed E-state index contributed by atoms with van der Waals surface area (Å²) in [5.41, 5.74) is 3.95. The Morgan fingerprint density at radius 3 is 1.15 bits per heavy atom. The molecule has 0 atom stereocenters. The molecule has 3 aromatic rings. The van der Waals surface area contributed by atoms with Crippen molar-refractivity contribution >= 4 is 0 Å². The van der Waals surface area contributed by atoms with Gasteiger partial charge in [0.25, 0.3) is 0 Å². The second kappa shape index (κ2) is 12.2. The van der Waals surface area contributed by atoms with Crippen molar-refractivity contribution in [1.29, 1.82) is 0 Å². The second-order valence-electron chi connectivity index (χ2n) is 4.70. The zero-order chi connectivity index (χ0) is 18.7. The molecule has 0 bridgehead atoms. The predicted octanol–water partition coefficient (Wildman–Crippen LogP) is -5.66. The molecule has 0 aliphatic heterocycles. The van der Waals surface area contributed by atoms with Gasteiger partial charge in [-0.05, 0) is 11.1 Å². The Labute approximate surface area is 244 Å². The SMILES string of the molecule is O=c1c(-c2ccccc2)c1-c1ccccc1.[K+].[K+].[O]=[Cr](=[O])([O-])[O][Cr](=[O])(=[O])[O-]. The molecule has 3 rings (SSSR count). The van der Waals surface area contributed by atoms with Gasteiger partial charge in [-0.2, -0.15) is 0 Å². The molecule has 0 spiro atoms. The molecule has 0 saturated carbocycles. The molecule has 0 heterocycles. The van der Waals surface area contributed by atoms with Gasteiger partial charge in [-0.3, -0.25) is 4.79 Å². The van der Waals surface area contributed by atoms with Gasteiger partial charge < -0.3 is 0 Å². The molecule has 27 heavy (non-hydrogen) atoms. The van der Waals surface area contributed by atoms with E-state index in [9.17, 15) is 28.3 Å². The zero-order valence-electron chi connectivity index (χ0n) is 14.4. The summed E-state index contributed by atoms with van der Waals surface area (Å²) < 4.78 is 58.9. The molecule has 0 radical (unpaired) electrons. The van der Waals surface area contributed by atoms with Gasteiger partial charge in [-0.15, -0.1) is 0 Å². The molecule has 3 aromatic carbocycles. The predicted molar refractivity (Wildman–Crippen MR) is 69.8 cm³/mol. The molecular formula is C15H10Cr2K2O8. The van der Waals surface area contributed by atoms with Crippen LogP contribution in [0.5, 0.6) is 0 Å². The van der Waals surface area contributed by atoms with Gasteiger partial charge in [0.05, 0.1) is 0 Å². The summed E-state index contributed by atoms with van der Waals surface area (Å²) in [5, 5.41) is 0. The Morgan fingerprint density at radius 2 is 0.926 bits per heavy atom. The van der Waals surface area contributed by atoms with Gasteiger partial charge in [-0.1, -0.05) is 60.7 Å². The molecular weight excluding hydrogens is 490 g/mol. The second-order valence-corrected chi connectivity index (χ2v) is 8.33. The molecule has 12 heteroatoms. The summed E-state index contributed by atoms with van der Waals surface area (Å²) in [6.07, 6.45) is 0. The summed E-state index contributed by atoms with van der Waals surface area (Å²) >= 11 is -12.1. The van der Waals surface area contributed by atoms with Crippen LogP contribution in [0.3, 0.4) is 0 Å². The Hall–Kier alpha value is 1.27. The number of benzene rings is 2. The standard InChI is InChI=1S/C15H10O.2Cr.2K.7O/c16-15-13(11-7-3-1-4-8-11)14(15)12-9-5-2-6-10-12;;;;;;;;;;;/h1-10H;;;;;;;;;;;/q;;;2*+1;;;;;;2*-1. The third-order valence-electron chi connectivity index (χ3n) is 2.93. The van der Waals surface area contributed by atoms with Crippen molar-refractivity contribution in [1.82, 2.24) is 0 Å². The number of hydrogen-bond acceptors (Lipinski definition) is 8. The van der Waals surface area contributed by atoms with E-state index in [2.05, 4.69) is 2.84 Å². The molecule has 0 aliphatic rings. The molecule has 8 nitrogen and oxygen atoms in total. The molecule has 0 aliphatic carbocycles. The van der Waals surface area contributed by atoms with Crippen molar-refractivity contribution in [3.8, 4) is 22.3 Å². The maximum absolute atomic E-state index is 11.7. The molecule has 0 unspecified atom stereocenters. The molecule has 0 amide bonds. The van der Waals surface area contributed by atoms with Crippen LogP contribution >= 0.6 is 0 Å². The van der Waals surface area contributed by atoms with Crippen molar-refractivity contribution < 1.29 is 156 Å². The van der Waals surface area contributed by atoms with Gasteiger partial charge in [0.1, 0.15) is 0 Å². The summed E-state index contributed by atoms with van der Waals surface area (Å²) in [5.74, 6) is 0. The van der Waals surface area contributed by atoms with Crippen LogP contribution in [0.2, 0.25) is 0 Å². The van der Waals surface area contributed by atoms with Crippen LogP contribution in [0.1, 0.15) is 0 Å². The van der Waals surface area contributed by atoms with Crippen LogP contribution in [-0.4, -0.2) is 0 Å². The van der Waals surface area contributed by atoms with Gasteiger partial charge in [-0.25, -0.2) is 0 Å². The fraction of sp³-hybridized carbons (Fsp3) is 0. The van der Waals surface area contributed by atoms with Crippen LogP contribution in [0, 0.1) is 0 Å². The van der Waals surface area contributed by atoms with Gasteiger partial charge >= 0.3 is 156 Å². The fourth-order valence-electron chi connectivity index (χ4n) is 2.03. The van der Waals surface area contributed by atoms with E-state index in [1.165, 1.54) is 0 Å². The van der Waals surface area contributed by atoms with Crippen LogP contribution in [-0.2, 0) is 45.3 Å². The molecule has 0 saturated heterocycles. The third kappa shape index (κ3) is 10.2. The van der Waals surface area contributed by atoms with Crippen LogP contribution in [0.15, 0.2) is 65.5 Å². The van der Waals surface area contributed by atoms with Gasteiger partial charge in [0, 0.05) is 11.1 Å². The first-order chi connectivity index (χ1) is 11.6. The minimum absolute atomic E-state index is 0. The van der Waals surface area contributed by atoms with E-state index in [-0.39, 0.29) is 108 Å². The maximum atomic E-state index is 11.7. The van der Waals surface area contributed by atoms with Crippen LogP contribution in [0.25, 0.3) is 22.3 Å². The van der Waals surface area contributed by atoms with E-state index in [0.29, 0.717) is 0 Å². The van der Waals surface area contributed by atoms with Gasteiger partial charge in [0.15, 0.2) is 5.43 Å². The Balaban J connectivity index is 0.000000541. The Kier molecular flexibility index (Phi) is 12.8. The van der Waals surface area contributed by atoms with Crippen LogP contribution in [0.4, 0.5) is 0 Å². The number of rotatable bonds is 4. The van der Waals surface area contributed by atoms with Crippen molar-refractivity contribution in [2.45, 2.75) is 0 Å². The van der Waals surface area contributed by atoms with E-state index < -0.39 is 27.2 Å². The third-order valence-corrected chi connectivity index (χ3v) is 5.60. The summed E-state index contributed by atoms with van der Waals surface area (Å²) in [6.45, 7) is 0. The first kappa shape index (κ1) is 28.3. The van der Waals surface area contributed by atoms with E-state index in [1.54, 1.807) is 0 Å². The Bertz CT molecular complexity index is 987. The van der Waals surface area contributed by atoms with Crippen molar-refractivity contribution in [3.63, 3.8) is 0 Å². The van der Waals surface area contributed by atoms with Crippen LogP contribution < -0.4 is 117 Å². The van der Waals surface area contributed by atoms with E-state index in [1.807, 2.05) is 60.7 Å². The van der Waals surface area contributed by atoms with Crippen molar-refractivity contribution in [2.24, 2.45) is 0 Å². The van der Waals surface area contributed by atoms with E-state index in [4.69, 9.17) is 0 Å². The Morgan fingerprint density at radius 1 is 0.630 bits per heavy atom. The van der Waals surface area contributed by atoms with E-state index >= 15 is 0 Å². The summed E-state index contributed by atoms with van der Waals surface area (Å²) in [7, 11) is 0. The normalized spacial score (nSPS) is 10.9. The van der Waals surface area contributed by atoms with Gasteiger partial charge in [0.2, 0.25) is 0 Å². The van der Waals surface area contributed by atoms with E-state index in [0.717, 1.165) is 22.3 Å². The first-order valence-corrected chi connectivity index (χ1v) is 10.8. The van der Waals surface area contributed by atoms with Crippen molar-refractivity contribution in [2.75, 3.05) is 0 Å². The van der Waals surface area contributed by atoms with Crippen molar-refractivity contribution in [3.05, 3.63) is 70.9 Å². The monoisotopic (exact) mass is 500 g/mol. The first-order valence-electron chi connectivity index (χ1n) is 6.61. The fourth-order valence-corrected chi connectivity index (χ4v) is 3.67. The molecule has 0 N–H and O–H groups in total. The minimum atomic E-state index is -6.07. The molecule has 132 valence electrons. The molecule has 0 fully saturated rings. The summed E-state index contributed by atoms with van der Waals surface area (Å²) in [6, 6.07) is 19.6. The summed E-state index contributed by atoms with van der Waals surface area (Å²) in [4.78, 5) is 11.7. The zero-order valence-corrected chi connectivity index (χ0v) is 23.2. The average Bonchev–Trinajstić information content (AvgIpc) is 3.17. The average molecular weight is 500 g/mol. The molecule has 0 aromatic heterocycles. The topological polar surface area (TPSA) is 141 Å². The quantitative estimate of drug-likeness (QED) is 0.323. The number of hydrogen-bond donors (Lipinski definition) is 0.